The first-order valence-corrected chi connectivity index (χ1v) is 6.33. The number of nitrogens with one attached hydrogen (secondary N) is 1. The van der Waals surface area contributed by atoms with E-state index in [1.807, 2.05) is 24.3 Å². The van der Waals surface area contributed by atoms with Crippen molar-refractivity contribution in [1.29, 1.82) is 0 Å². The highest BCUT2D eigenvalue weighted by molar-refractivity contribution is 9.10. The zero-order valence-corrected chi connectivity index (χ0v) is 11.4. The second-order valence-electron chi connectivity index (χ2n) is 3.93. The van der Waals surface area contributed by atoms with E-state index in [-0.39, 0.29) is 0 Å². The van der Waals surface area contributed by atoms with Gasteiger partial charge in [0.15, 0.2) is 0 Å². The van der Waals surface area contributed by atoms with Crippen LogP contribution in [0.25, 0.3) is 0 Å². The molecule has 0 unspecified atom stereocenters. The van der Waals surface area contributed by atoms with E-state index in [0.717, 1.165) is 22.6 Å². The quantitative estimate of drug-likeness (QED) is 0.922. The Morgan fingerprint density at radius 1 is 1.32 bits per heavy atom. The van der Waals surface area contributed by atoms with E-state index in [0.29, 0.717) is 13.1 Å². The zero-order valence-electron chi connectivity index (χ0n) is 9.78. The lowest BCUT2D eigenvalue weighted by Crippen LogP contribution is -2.11. The average molecular weight is 334 g/mol. The highest BCUT2D eigenvalue weighted by Gasteiger charge is 2.32. The van der Waals surface area contributed by atoms with Crippen molar-refractivity contribution < 1.29 is 13.2 Å². The van der Waals surface area contributed by atoms with Crippen molar-refractivity contribution in [3.05, 3.63) is 46.7 Å². The smallest absolute Gasteiger partial charge is 0.383 e. The molecule has 7 heteroatoms. The van der Waals surface area contributed by atoms with E-state index in [1.54, 1.807) is 0 Å². The number of aromatic nitrogens is 2. The van der Waals surface area contributed by atoms with Gasteiger partial charge in [-0.05, 0) is 18.2 Å². The maximum atomic E-state index is 12.4. The van der Waals surface area contributed by atoms with Crippen LogP contribution in [0.3, 0.4) is 0 Å². The molecule has 0 saturated heterocycles. The van der Waals surface area contributed by atoms with Gasteiger partial charge in [-0.1, -0.05) is 22.0 Å². The van der Waals surface area contributed by atoms with E-state index < -0.39 is 11.7 Å². The van der Waals surface area contributed by atoms with Crippen molar-refractivity contribution in [3.8, 4) is 0 Å². The first kappa shape index (κ1) is 13.9. The van der Waals surface area contributed by atoms with Gasteiger partial charge in [-0.15, -0.1) is 0 Å². The van der Waals surface area contributed by atoms with Gasteiger partial charge in [0.25, 0.3) is 0 Å². The molecular weight excluding hydrogens is 323 g/mol. The molecule has 0 aliphatic carbocycles. The lowest BCUT2D eigenvalue weighted by molar-refractivity contribution is -0.137. The number of halogens is 4. The van der Waals surface area contributed by atoms with Crippen LogP contribution >= 0.6 is 15.9 Å². The summed E-state index contributed by atoms with van der Waals surface area (Å²) in [6.45, 7) is 0.859. The summed E-state index contributed by atoms with van der Waals surface area (Å²) in [7, 11) is 0. The first-order chi connectivity index (χ1) is 8.95. The van der Waals surface area contributed by atoms with Gasteiger partial charge in [-0.2, -0.15) is 18.3 Å². The third-order valence-corrected chi connectivity index (χ3v) is 2.95. The topological polar surface area (TPSA) is 29.9 Å². The summed E-state index contributed by atoms with van der Waals surface area (Å²) in [5, 5.41) is 6.79. The molecule has 0 spiro atoms. The third kappa shape index (κ3) is 3.99. The van der Waals surface area contributed by atoms with Gasteiger partial charge in [0.2, 0.25) is 0 Å². The standard InChI is InChI=1S/C12H11BrF3N3/c13-10-2-1-3-11(6-10)17-4-5-19-8-9(7-18-19)12(14,15)16/h1-3,6-8,17H,4-5H2. The highest BCUT2D eigenvalue weighted by atomic mass is 79.9. The van der Waals surface area contributed by atoms with Crippen LogP contribution in [0.2, 0.25) is 0 Å². The van der Waals surface area contributed by atoms with Crippen molar-refractivity contribution in [2.24, 2.45) is 0 Å². The van der Waals surface area contributed by atoms with Crippen molar-refractivity contribution in [1.82, 2.24) is 9.78 Å². The van der Waals surface area contributed by atoms with Crippen LogP contribution in [-0.4, -0.2) is 16.3 Å². The van der Waals surface area contributed by atoms with Gasteiger partial charge in [-0.3, -0.25) is 4.68 Å². The monoisotopic (exact) mass is 333 g/mol. The van der Waals surface area contributed by atoms with Crippen LogP contribution in [0, 0.1) is 0 Å². The fourth-order valence-corrected chi connectivity index (χ4v) is 1.94. The average Bonchev–Trinajstić information content (AvgIpc) is 2.77. The van der Waals surface area contributed by atoms with E-state index in [4.69, 9.17) is 0 Å². The Bertz CT molecular complexity index is 551. The van der Waals surface area contributed by atoms with Crippen LogP contribution in [0.1, 0.15) is 5.56 Å². The molecule has 0 radical (unpaired) electrons. The predicted molar refractivity (Wildman–Crippen MR) is 69.9 cm³/mol. The first-order valence-electron chi connectivity index (χ1n) is 5.54. The molecule has 0 aliphatic heterocycles. The number of benzene rings is 1. The van der Waals surface area contributed by atoms with E-state index in [1.165, 1.54) is 4.68 Å². The van der Waals surface area contributed by atoms with Crippen LogP contribution in [0.5, 0.6) is 0 Å². The molecule has 0 saturated carbocycles. The Kier molecular flexibility index (Phi) is 4.14. The molecule has 3 nitrogen and oxygen atoms in total. The van der Waals surface area contributed by atoms with Gasteiger partial charge in [0.1, 0.15) is 0 Å². The third-order valence-electron chi connectivity index (χ3n) is 2.46. The fourth-order valence-electron chi connectivity index (χ4n) is 1.55. The maximum Gasteiger partial charge on any atom is 0.419 e. The Hall–Kier alpha value is -1.50. The maximum absolute atomic E-state index is 12.4. The molecule has 1 heterocycles. The Balaban J connectivity index is 1.88. The molecule has 0 atom stereocenters. The largest absolute Gasteiger partial charge is 0.419 e. The minimum Gasteiger partial charge on any atom is -0.383 e. The van der Waals surface area contributed by atoms with Gasteiger partial charge in [-0.25, -0.2) is 0 Å². The van der Waals surface area contributed by atoms with Gasteiger partial charge < -0.3 is 5.32 Å². The van der Waals surface area contributed by atoms with Crippen molar-refractivity contribution in [2.75, 3.05) is 11.9 Å². The Morgan fingerprint density at radius 3 is 2.74 bits per heavy atom. The van der Waals surface area contributed by atoms with Gasteiger partial charge in [0, 0.05) is 22.9 Å². The van der Waals surface area contributed by atoms with Crippen molar-refractivity contribution in [3.63, 3.8) is 0 Å². The summed E-state index contributed by atoms with van der Waals surface area (Å²) in [4.78, 5) is 0. The molecule has 19 heavy (non-hydrogen) atoms. The second kappa shape index (κ2) is 5.64. The summed E-state index contributed by atoms with van der Waals surface area (Å²) in [6, 6.07) is 7.55. The lowest BCUT2D eigenvalue weighted by Gasteiger charge is -2.07. The van der Waals surface area contributed by atoms with Crippen molar-refractivity contribution in [2.45, 2.75) is 12.7 Å². The molecule has 0 aliphatic rings. The number of alkyl halides is 3. The van der Waals surface area contributed by atoms with Crippen LogP contribution in [0.4, 0.5) is 18.9 Å². The molecular formula is C12H11BrF3N3. The van der Waals surface area contributed by atoms with Gasteiger partial charge >= 0.3 is 6.18 Å². The molecule has 1 N–H and O–H groups in total. The Morgan fingerprint density at radius 2 is 2.11 bits per heavy atom. The predicted octanol–water partition coefficient (Wildman–Crippen LogP) is 3.78. The second-order valence-corrected chi connectivity index (χ2v) is 4.84. The summed E-state index contributed by atoms with van der Waals surface area (Å²) in [6.07, 6.45) is -2.50. The Labute approximate surface area is 116 Å². The van der Waals surface area contributed by atoms with E-state index in [9.17, 15) is 13.2 Å². The lowest BCUT2D eigenvalue weighted by atomic mass is 10.3. The van der Waals surface area contributed by atoms with Crippen LogP contribution in [0.15, 0.2) is 41.1 Å². The minimum absolute atomic E-state index is 0.364. The molecule has 0 bridgehead atoms. The molecule has 1 aromatic carbocycles. The molecule has 2 aromatic rings. The fraction of sp³-hybridized carbons (Fsp3) is 0.250. The highest BCUT2D eigenvalue weighted by Crippen LogP contribution is 2.28. The number of hydrogen-bond acceptors (Lipinski definition) is 2. The van der Waals surface area contributed by atoms with Crippen molar-refractivity contribution >= 4 is 21.6 Å². The molecule has 0 fully saturated rings. The van der Waals surface area contributed by atoms with Gasteiger partial charge in [0.05, 0.1) is 18.3 Å². The summed E-state index contributed by atoms with van der Waals surface area (Å²) in [5.74, 6) is 0. The molecule has 102 valence electrons. The van der Waals surface area contributed by atoms with Crippen LogP contribution < -0.4 is 5.32 Å². The number of nitrogens with zero attached hydrogens (tertiary/aromatic N) is 2. The summed E-state index contributed by atoms with van der Waals surface area (Å²) >= 11 is 3.34. The number of anilines is 1. The summed E-state index contributed by atoms with van der Waals surface area (Å²) in [5.41, 5.74) is 0.174. The molecule has 2 rings (SSSR count). The molecule has 1 aromatic heterocycles. The van der Waals surface area contributed by atoms with E-state index in [2.05, 4.69) is 26.3 Å². The normalized spacial score (nSPS) is 11.6. The number of hydrogen-bond donors (Lipinski definition) is 1. The minimum atomic E-state index is -4.34. The van der Waals surface area contributed by atoms with E-state index >= 15 is 0 Å². The SMILES string of the molecule is FC(F)(F)c1cnn(CCNc2cccc(Br)c2)c1. The molecule has 0 amide bonds. The summed E-state index contributed by atoms with van der Waals surface area (Å²) < 4.78 is 39.3. The zero-order chi connectivity index (χ0) is 13.9. The number of rotatable bonds is 4. The van der Waals surface area contributed by atoms with Crippen LogP contribution in [-0.2, 0) is 12.7 Å².